The van der Waals surface area contributed by atoms with Crippen LogP contribution in [0.25, 0.3) is 5.82 Å². The van der Waals surface area contributed by atoms with Crippen LogP contribution in [0.3, 0.4) is 0 Å². The average Bonchev–Trinajstić information content (AvgIpc) is 3.16. The Labute approximate surface area is 162 Å². The van der Waals surface area contributed by atoms with Crippen LogP contribution in [0.5, 0.6) is 0 Å². The molecule has 0 spiro atoms. The number of hydrogen-bond donors (Lipinski definition) is 0. The van der Waals surface area contributed by atoms with Gasteiger partial charge in [-0.15, -0.1) is 0 Å². The van der Waals surface area contributed by atoms with E-state index in [-0.39, 0.29) is 5.56 Å². The third-order valence-corrected chi connectivity index (χ3v) is 4.50. The van der Waals surface area contributed by atoms with E-state index >= 15 is 0 Å². The van der Waals surface area contributed by atoms with E-state index < -0.39 is 0 Å². The van der Waals surface area contributed by atoms with Gasteiger partial charge in [0.15, 0.2) is 0 Å². The van der Waals surface area contributed by atoms with Gasteiger partial charge < -0.3 is 4.57 Å². The standard InChI is InChI=1S/C22H17N5O/c23-12-18-6-4-17(5-7-18)11-20-14-24-16-26(20)15-19-8-9-21(25-13-19)27-10-2-1-3-22(27)28/h1-10,13-14,16H,11,15H2. The highest BCUT2D eigenvalue weighted by molar-refractivity contribution is 5.33. The second-order valence-electron chi connectivity index (χ2n) is 6.43. The topological polar surface area (TPSA) is 76.5 Å². The Morgan fingerprint density at radius 1 is 0.964 bits per heavy atom. The molecular formula is C22H17N5O. The third-order valence-electron chi connectivity index (χ3n) is 4.50. The molecular weight excluding hydrogens is 350 g/mol. The van der Waals surface area contributed by atoms with Crippen molar-refractivity contribution in [3.63, 3.8) is 0 Å². The molecule has 0 fully saturated rings. The van der Waals surface area contributed by atoms with Crippen molar-refractivity contribution in [2.75, 3.05) is 0 Å². The van der Waals surface area contributed by atoms with Crippen LogP contribution in [0.4, 0.5) is 0 Å². The van der Waals surface area contributed by atoms with Gasteiger partial charge in [0.1, 0.15) is 5.82 Å². The van der Waals surface area contributed by atoms with Gasteiger partial charge in [-0.25, -0.2) is 9.97 Å². The predicted octanol–water partition coefficient (Wildman–Crippen LogP) is 2.94. The first kappa shape index (κ1) is 17.4. The molecule has 3 aromatic heterocycles. The van der Waals surface area contributed by atoms with Crippen LogP contribution in [-0.4, -0.2) is 19.1 Å². The molecule has 0 radical (unpaired) electrons. The summed E-state index contributed by atoms with van der Waals surface area (Å²) in [5, 5.41) is 8.91. The first-order chi connectivity index (χ1) is 13.7. The number of pyridine rings is 2. The maximum atomic E-state index is 11.9. The lowest BCUT2D eigenvalue weighted by Gasteiger charge is -2.10. The number of imidazole rings is 1. The molecule has 4 aromatic rings. The largest absolute Gasteiger partial charge is 0.330 e. The predicted molar refractivity (Wildman–Crippen MR) is 105 cm³/mol. The monoisotopic (exact) mass is 367 g/mol. The summed E-state index contributed by atoms with van der Waals surface area (Å²) in [4.78, 5) is 20.6. The van der Waals surface area contributed by atoms with Crippen LogP contribution in [0, 0.1) is 11.3 Å². The van der Waals surface area contributed by atoms with Gasteiger partial charge in [-0.05, 0) is 35.4 Å². The van der Waals surface area contributed by atoms with Crippen LogP contribution in [0.1, 0.15) is 22.4 Å². The second-order valence-corrected chi connectivity index (χ2v) is 6.43. The van der Waals surface area contributed by atoms with Crippen LogP contribution in [0.15, 0.2) is 84.3 Å². The zero-order valence-electron chi connectivity index (χ0n) is 15.1. The molecule has 0 saturated heterocycles. The van der Waals surface area contributed by atoms with E-state index in [4.69, 9.17) is 5.26 Å². The second kappa shape index (κ2) is 7.72. The van der Waals surface area contributed by atoms with Crippen molar-refractivity contribution in [2.24, 2.45) is 0 Å². The fourth-order valence-corrected chi connectivity index (χ4v) is 3.01. The Balaban J connectivity index is 1.51. The molecule has 4 rings (SSSR count). The summed E-state index contributed by atoms with van der Waals surface area (Å²) < 4.78 is 3.58. The van der Waals surface area contributed by atoms with E-state index in [9.17, 15) is 4.79 Å². The molecule has 6 heteroatoms. The van der Waals surface area contributed by atoms with E-state index in [0.29, 0.717) is 17.9 Å². The van der Waals surface area contributed by atoms with E-state index in [0.717, 1.165) is 23.2 Å². The highest BCUT2D eigenvalue weighted by atomic mass is 16.1. The van der Waals surface area contributed by atoms with Crippen molar-refractivity contribution < 1.29 is 0 Å². The summed E-state index contributed by atoms with van der Waals surface area (Å²) in [5.41, 5.74) is 3.76. The summed E-state index contributed by atoms with van der Waals surface area (Å²) in [5.74, 6) is 0.595. The molecule has 0 unspecified atom stereocenters. The van der Waals surface area contributed by atoms with Crippen LogP contribution >= 0.6 is 0 Å². The minimum atomic E-state index is -0.109. The van der Waals surface area contributed by atoms with E-state index in [1.807, 2.05) is 42.6 Å². The quantitative estimate of drug-likeness (QED) is 0.543. The number of aromatic nitrogens is 4. The summed E-state index contributed by atoms with van der Waals surface area (Å²) in [6, 6.07) is 18.5. The molecule has 0 bridgehead atoms. The van der Waals surface area contributed by atoms with Crippen LogP contribution in [-0.2, 0) is 13.0 Å². The Morgan fingerprint density at radius 3 is 2.50 bits per heavy atom. The van der Waals surface area contributed by atoms with Gasteiger partial charge in [-0.1, -0.05) is 24.3 Å². The number of benzene rings is 1. The molecule has 0 aliphatic heterocycles. The smallest absolute Gasteiger partial charge is 0.256 e. The van der Waals surface area contributed by atoms with Crippen LogP contribution < -0.4 is 5.56 Å². The maximum Gasteiger partial charge on any atom is 0.256 e. The van der Waals surface area contributed by atoms with Gasteiger partial charge in [-0.3, -0.25) is 9.36 Å². The molecule has 0 aliphatic rings. The Bertz CT molecular complexity index is 1180. The molecule has 0 atom stereocenters. The highest BCUT2D eigenvalue weighted by Gasteiger charge is 2.06. The molecule has 0 saturated carbocycles. The van der Waals surface area contributed by atoms with Gasteiger partial charge in [0.25, 0.3) is 5.56 Å². The van der Waals surface area contributed by atoms with Gasteiger partial charge in [0.2, 0.25) is 0 Å². The molecule has 136 valence electrons. The van der Waals surface area contributed by atoms with E-state index in [1.165, 1.54) is 10.6 Å². The van der Waals surface area contributed by atoms with E-state index in [1.54, 1.807) is 30.9 Å². The van der Waals surface area contributed by atoms with Gasteiger partial charge in [0.05, 0.1) is 24.5 Å². The van der Waals surface area contributed by atoms with Crippen molar-refractivity contribution in [2.45, 2.75) is 13.0 Å². The number of nitrogens with zero attached hydrogens (tertiary/aromatic N) is 5. The van der Waals surface area contributed by atoms with Crippen molar-refractivity contribution >= 4 is 0 Å². The molecule has 0 amide bonds. The van der Waals surface area contributed by atoms with Crippen molar-refractivity contribution in [3.8, 4) is 11.9 Å². The Hall–Kier alpha value is -3.98. The first-order valence-electron chi connectivity index (χ1n) is 8.84. The zero-order chi connectivity index (χ0) is 19.3. The minimum absolute atomic E-state index is 0.109. The summed E-state index contributed by atoms with van der Waals surface area (Å²) in [6.07, 6.45) is 7.87. The summed E-state index contributed by atoms with van der Waals surface area (Å²) >= 11 is 0. The maximum absolute atomic E-state index is 11.9. The molecule has 1 aromatic carbocycles. The number of nitriles is 1. The van der Waals surface area contributed by atoms with E-state index in [2.05, 4.69) is 20.6 Å². The first-order valence-corrected chi connectivity index (χ1v) is 8.84. The highest BCUT2D eigenvalue weighted by Crippen LogP contribution is 2.13. The SMILES string of the molecule is N#Cc1ccc(Cc2cncn2Cc2ccc(-n3ccccc3=O)nc2)cc1. The van der Waals surface area contributed by atoms with Crippen molar-refractivity contribution in [1.82, 2.24) is 19.1 Å². The molecule has 6 nitrogen and oxygen atoms in total. The molecule has 0 N–H and O–H groups in total. The van der Waals surface area contributed by atoms with Gasteiger partial charge in [0, 0.05) is 36.8 Å². The van der Waals surface area contributed by atoms with Crippen molar-refractivity contribution in [3.05, 3.63) is 112 Å². The van der Waals surface area contributed by atoms with Gasteiger partial charge >= 0.3 is 0 Å². The summed E-state index contributed by atoms with van der Waals surface area (Å²) in [7, 11) is 0. The zero-order valence-corrected chi connectivity index (χ0v) is 15.1. The summed E-state index contributed by atoms with van der Waals surface area (Å²) in [6.45, 7) is 0.641. The fraction of sp³-hybridized carbons (Fsp3) is 0.0909. The van der Waals surface area contributed by atoms with Gasteiger partial charge in [-0.2, -0.15) is 5.26 Å². The fourth-order valence-electron chi connectivity index (χ4n) is 3.01. The van der Waals surface area contributed by atoms with Crippen LogP contribution in [0.2, 0.25) is 0 Å². The lowest BCUT2D eigenvalue weighted by molar-refractivity contribution is 0.749. The normalized spacial score (nSPS) is 10.5. The molecule has 28 heavy (non-hydrogen) atoms. The average molecular weight is 367 g/mol. The van der Waals surface area contributed by atoms with Crippen molar-refractivity contribution in [1.29, 1.82) is 5.26 Å². The lowest BCUT2D eigenvalue weighted by atomic mass is 10.1. The Kier molecular flexibility index (Phi) is 4.81. The third kappa shape index (κ3) is 3.74. The Morgan fingerprint density at radius 2 is 1.79 bits per heavy atom. The molecule has 0 aliphatic carbocycles. The minimum Gasteiger partial charge on any atom is -0.330 e. The number of rotatable bonds is 5. The lowest BCUT2D eigenvalue weighted by Crippen LogP contribution is -2.16. The number of hydrogen-bond acceptors (Lipinski definition) is 4. The molecule has 3 heterocycles.